The van der Waals surface area contributed by atoms with Crippen molar-refractivity contribution in [1.29, 1.82) is 0 Å². The van der Waals surface area contributed by atoms with Crippen molar-refractivity contribution in [2.75, 3.05) is 68.6 Å². The van der Waals surface area contributed by atoms with Crippen LogP contribution in [0.1, 0.15) is 43.7 Å². The molecule has 1 saturated carbocycles. The number of rotatable bonds is 19. The van der Waals surface area contributed by atoms with Crippen molar-refractivity contribution in [1.82, 2.24) is 20.3 Å². The van der Waals surface area contributed by atoms with Crippen molar-refractivity contribution >= 4 is 29.4 Å². The van der Waals surface area contributed by atoms with E-state index in [1.54, 1.807) is 0 Å². The fourth-order valence-corrected chi connectivity index (χ4v) is 5.07. The van der Waals surface area contributed by atoms with Gasteiger partial charge in [0.25, 0.3) is 0 Å². The van der Waals surface area contributed by atoms with E-state index in [-0.39, 0.29) is 12.3 Å². The van der Waals surface area contributed by atoms with Crippen LogP contribution in [0, 0.1) is 11.8 Å². The normalized spacial score (nSPS) is 16.3. The first-order valence-electron chi connectivity index (χ1n) is 15.8. The molecule has 1 fully saturated rings. The van der Waals surface area contributed by atoms with Crippen LogP contribution in [0.2, 0.25) is 0 Å². The number of nitrogens with one attached hydrogen (secondary N) is 4. The zero-order valence-electron chi connectivity index (χ0n) is 25.9. The summed E-state index contributed by atoms with van der Waals surface area (Å²) >= 11 is 0. The van der Waals surface area contributed by atoms with Crippen LogP contribution in [0.25, 0.3) is 0 Å². The molecule has 1 aliphatic rings. The molecule has 3 aromatic rings. The lowest BCUT2D eigenvalue weighted by Crippen LogP contribution is -2.29. The second-order valence-electron chi connectivity index (χ2n) is 11.3. The molecule has 4 rings (SSSR count). The highest BCUT2D eigenvalue weighted by Crippen LogP contribution is 2.28. The van der Waals surface area contributed by atoms with Crippen LogP contribution in [0.15, 0.2) is 54.6 Å². The third kappa shape index (κ3) is 12.4. The molecular weight excluding hydrogens is 556 g/mol. The van der Waals surface area contributed by atoms with Gasteiger partial charge in [-0.25, -0.2) is 0 Å². The van der Waals surface area contributed by atoms with Gasteiger partial charge in [-0.05, 0) is 54.4 Å². The van der Waals surface area contributed by atoms with Crippen LogP contribution in [-0.2, 0) is 27.1 Å². The van der Waals surface area contributed by atoms with Gasteiger partial charge in [-0.15, -0.1) is 0 Å². The van der Waals surface area contributed by atoms with Crippen LogP contribution in [-0.4, -0.2) is 73.5 Å². The molecule has 1 aromatic heterocycles. The maximum absolute atomic E-state index is 12.3. The summed E-state index contributed by atoms with van der Waals surface area (Å²) in [5.41, 5.74) is 8.37. The fraction of sp³-hybridized carbons (Fsp3) is 0.515. The number of nitrogens with two attached hydrogens (primary N) is 1. The van der Waals surface area contributed by atoms with Gasteiger partial charge in [-0.3, -0.25) is 4.79 Å². The monoisotopic (exact) mass is 604 g/mol. The molecule has 0 spiro atoms. The lowest BCUT2D eigenvalue weighted by molar-refractivity contribution is -0.120. The highest BCUT2D eigenvalue weighted by atomic mass is 16.5. The average molecular weight is 605 g/mol. The van der Waals surface area contributed by atoms with Gasteiger partial charge in [0.15, 0.2) is 0 Å². The molecular formula is C33H48N8O3. The van der Waals surface area contributed by atoms with Crippen molar-refractivity contribution in [2.45, 2.75) is 45.4 Å². The van der Waals surface area contributed by atoms with Crippen LogP contribution < -0.4 is 27.0 Å². The SMILES string of the molecule is CC1CCC(CNc2nc(NCCc3ccccc3)nc(Nc3ccc(CC(=O)NCCOCCOCCN)cc3)n2)CC1. The van der Waals surface area contributed by atoms with Gasteiger partial charge >= 0.3 is 0 Å². The topological polar surface area (TPSA) is 148 Å². The Morgan fingerprint density at radius 3 is 2.20 bits per heavy atom. The Bertz CT molecular complexity index is 1240. The third-order valence-corrected chi connectivity index (χ3v) is 7.64. The number of carbonyl (C=O) groups is 1. The predicted octanol–water partition coefficient (Wildman–Crippen LogP) is 4.16. The van der Waals surface area contributed by atoms with E-state index in [2.05, 4.69) is 55.3 Å². The smallest absolute Gasteiger partial charge is 0.233 e. The number of nitrogens with zero attached hydrogens (tertiary/aromatic N) is 3. The average Bonchev–Trinajstić information content (AvgIpc) is 3.03. The molecule has 44 heavy (non-hydrogen) atoms. The Hall–Kier alpha value is -3.80. The van der Waals surface area contributed by atoms with E-state index in [0.29, 0.717) is 69.8 Å². The van der Waals surface area contributed by atoms with Crippen molar-refractivity contribution in [3.63, 3.8) is 0 Å². The van der Waals surface area contributed by atoms with Gasteiger partial charge in [0.05, 0.1) is 32.8 Å². The zero-order chi connectivity index (χ0) is 30.8. The number of aromatic nitrogens is 3. The molecule has 1 aliphatic carbocycles. The minimum Gasteiger partial charge on any atom is -0.378 e. The number of hydrogen-bond donors (Lipinski definition) is 5. The van der Waals surface area contributed by atoms with Crippen molar-refractivity contribution in [3.05, 3.63) is 65.7 Å². The van der Waals surface area contributed by atoms with Gasteiger partial charge in [0.1, 0.15) is 0 Å². The van der Waals surface area contributed by atoms with E-state index in [4.69, 9.17) is 15.2 Å². The number of anilines is 4. The Morgan fingerprint density at radius 1 is 0.795 bits per heavy atom. The van der Waals surface area contributed by atoms with E-state index in [9.17, 15) is 4.79 Å². The molecule has 1 amide bonds. The van der Waals surface area contributed by atoms with Crippen LogP contribution >= 0.6 is 0 Å². The minimum absolute atomic E-state index is 0.0551. The lowest BCUT2D eigenvalue weighted by Gasteiger charge is -2.26. The molecule has 11 nitrogen and oxygen atoms in total. The third-order valence-electron chi connectivity index (χ3n) is 7.64. The molecule has 0 unspecified atom stereocenters. The summed E-state index contributed by atoms with van der Waals surface area (Å²) in [5, 5.41) is 13.0. The highest BCUT2D eigenvalue weighted by Gasteiger charge is 2.18. The van der Waals surface area contributed by atoms with Crippen LogP contribution in [0.4, 0.5) is 23.5 Å². The van der Waals surface area contributed by atoms with Crippen LogP contribution in [0.3, 0.4) is 0 Å². The molecule has 6 N–H and O–H groups in total. The van der Waals surface area contributed by atoms with Gasteiger partial charge in [-0.2, -0.15) is 15.0 Å². The maximum Gasteiger partial charge on any atom is 0.233 e. The Balaban J connectivity index is 1.28. The minimum atomic E-state index is -0.0551. The second-order valence-corrected chi connectivity index (χ2v) is 11.3. The molecule has 11 heteroatoms. The first-order chi connectivity index (χ1) is 21.6. The Labute approximate surface area is 261 Å². The largest absolute Gasteiger partial charge is 0.378 e. The Morgan fingerprint density at radius 2 is 1.48 bits per heavy atom. The molecule has 0 saturated heterocycles. The first kappa shape index (κ1) is 33.1. The number of benzene rings is 2. The molecule has 238 valence electrons. The van der Waals surface area contributed by atoms with E-state index < -0.39 is 0 Å². The van der Waals surface area contributed by atoms with Crippen molar-refractivity contribution < 1.29 is 14.3 Å². The summed E-state index contributed by atoms with van der Waals surface area (Å²) in [6, 6.07) is 18.1. The molecule has 1 heterocycles. The van der Waals surface area contributed by atoms with E-state index in [1.165, 1.54) is 31.2 Å². The Kier molecular flexibility index (Phi) is 14.1. The van der Waals surface area contributed by atoms with Gasteiger partial charge in [-0.1, -0.05) is 62.2 Å². The lowest BCUT2D eigenvalue weighted by atomic mass is 9.83. The van der Waals surface area contributed by atoms with Gasteiger partial charge < -0.3 is 36.5 Å². The van der Waals surface area contributed by atoms with Crippen LogP contribution in [0.5, 0.6) is 0 Å². The molecule has 0 radical (unpaired) electrons. The summed E-state index contributed by atoms with van der Waals surface area (Å²) in [4.78, 5) is 26.3. The number of hydrogen-bond acceptors (Lipinski definition) is 10. The van der Waals surface area contributed by atoms with E-state index >= 15 is 0 Å². The van der Waals surface area contributed by atoms with E-state index in [0.717, 1.165) is 30.1 Å². The van der Waals surface area contributed by atoms with Crippen molar-refractivity contribution in [2.24, 2.45) is 17.6 Å². The molecule has 2 aromatic carbocycles. The van der Waals surface area contributed by atoms with Gasteiger partial charge in [0, 0.05) is 31.9 Å². The summed E-state index contributed by atoms with van der Waals surface area (Å²) < 4.78 is 10.7. The number of amides is 1. The van der Waals surface area contributed by atoms with Crippen molar-refractivity contribution in [3.8, 4) is 0 Å². The fourth-order valence-electron chi connectivity index (χ4n) is 5.07. The number of ether oxygens (including phenoxy) is 2. The predicted molar refractivity (Wildman–Crippen MR) is 175 cm³/mol. The highest BCUT2D eigenvalue weighted by molar-refractivity contribution is 5.78. The summed E-state index contributed by atoms with van der Waals surface area (Å²) in [6.07, 6.45) is 6.17. The standard InChI is InChI=1S/C33H48N8O3/c1-25-7-9-28(10-8-25)24-37-32-39-31(36-17-15-26-5-3-2-4-6-26)40-33(41-32)38-29-13-11-27(12-14-29)23-30(42)35-18-20-44-22-21-43-19-16-34/h2-6,11-14,25,28H,7-10,15-24,34H2,1H3,(H,35,42)(H3,36,37,38,39,40,41). The zero-order valence-corrected chi connectivity index (χ0v) is 25.9. The maximum atomic E-state index is 12.3. The molecule has 0 atom stereocenters. The van der Waals surface area contributed by atoms with E-state index in [1.807, 2.05) is 42.5 Å². The summed E-state index contributed by atoms with van der Waals surface area (Å²) in [5.74, 6) is 2.94. The number of carbonyl (C=O) groups excluding carboxylic acids is 1. The quantitative estimate of drug-likeness (QED) is 0.126. The molecule has 0 bridgehead atoms. The van der Waals surface area contributed by atoms with Gasteiger partial charge in [0.2, 0.25) is 23.8 Å². The first-order valence-corrected chi connectivity index (χ1v) is 15.8. The molecule has 0 aliphatic heterocycles. The summed E-state index contributed by atoms with van der Waals surface area (Å²) in [6.45, 7) is 6.79. The summed E-state index contributed by atoms with van der Waals surface area (Å²) in [7, 11) is 0. The second kappa shape index (κ2) is 18.8.